The maximum Gasteiger partial charge on any atom is 0.168 e. The number of benzene rings is 1. The zero-order valence-electron chi connectivity index (χ0n) is 11.6. The van der Waals surface area contributed by atoms with Gasteiger partial charge in [-0.15, -0.1) is 0 Å². The fraction of sp³-hybridized carbons (Fsp3) is 0.500. The Morgan fingerprint density at radius 3 is 2.70 bits per heavy atom. The Bertz CT molecular complexity index is 558. The van der Waals surface area contributed by atoms with Crippen LogP contribution in [0.3, 0.4) is 0 Å². The highest BCUT2D eigenvalue weighted by molar-refractivity contribution is 7.91. The molecule has 1 N–H and O–H groups in total. The minimum atomic E-state index is -2.87. The van der Waals surface area contributed by atoms with Crippen molar-refractivity contribution in [2.24, 2.45) is 0 Å². The summed E-state index contributed by atoms with van der Waals surface area (Å²) in [6.07, 6.45) is 1.57. The second-order valence-electron chi connectivity index (χ2n) is 5.14. The Balaban J connectivity index is 1.77. The first-order valence-corrected chi connectivity index (χ1v) is 8.96. The van der Waals surface area contributed by atoms with Gasteiger partial charge in [0, 0.05) is 19.6 Å². The lowest BCUT2D eigenvalue weighted by Crippen LogP contribution is -2.44. The summed E-state index contributed by atoms with van der Waals surface area (Å²) < 4.78 is 23.0. The Kier molecular flexibility index (Phi) is 4.99. The van der Waals surface area contributed by atoms with Crippen LogP contribution in [0.2, 0.25) is 0 Å². The van der Waals surface area contributed by atoms with E-state index in [1.54, 1.807) is 0 Å². The lowest BCUT2D eigenvalue weighted by Gasteiger charge is -2.26. The van der Waals surface area contributed by atoms with Crippen LogP contribution in [0.5, 0.6) is 0 Å². The molecule has 2 rings (SSSR count). The number of sulfone groups is 1. The minimum Gasteiger partial charge on any atom is -0.362 e. The van der Waals surface area contributed by atoms with E-state index in [0.717, 1.165) is 13.0 Å². The number of hydrogen-bond donors (Lipinski definition) is 1. The summed E-state index contributed by atoms with van der Waals surface area (Å²) in [5.41, 5.74) is 1.26. The van der Waals surface area contributed by atoms with E-state index in [0.29, 0.717) is 11.5 Å². The molecule has 1 aliphatic heterocycles. The predicted octanol–water partition coefficient (Wildman–Crippen LogP) is 1.22. The van der Waals surface area contributed by atoms with Crippen LogP contribution >= 0.6 is 12.2 Å². The van der Waals surface area contributed by atoms with Crippen molar-refractivity contribution >= 4 is 27.2 Å². The average Bonchev–Trinajstić information content (AvgIpc) is 2.79. The number of rotatable bonds is 4. The summed E-state index contributed by atoms with van der Waals surface area (Å²) in [5.74, 6) is 0.485. The SMILES string of the molecule is CN(C(=S)NCCc1ccccc1)[C@H]1CCS(=O)(=O)C1. The van der Waals surface area contributed by atoms with Gasteiger partial charge in [0.25, 0.3) is 0 Å². The van der Waals surface area contributed by atoms with Crippen LogP contribution in [0.1, 0.15) is 12.0 Å². The molecule has 0 aliphatic carbocycles. The molecular formula is C14H20N2O2S2. The van der Waals surface area contributed by atoms with E-state index in [-0.39, 0.29) is 17.5 Å². The quantitative estimate of drug-likeness (QED) is 0.847. The molecule has 1 aromatic rings. The second kappa shape index (κ2) is 6.54. The van der Waals surface area contributed by atoms with Gasteiger partial charge in [-0.25, -0.2) is 8.42 Å². The van der Waals surface area contributed by atoms with Gasteiger partial charge in [0.1, 0.15) is 0 Å². The van der Waals surface area contributed by atoms with Crippen LogP contribution in [-0.2, 0) is 16.3 Å². The molecule has 1 saturated heterocycles. The Morgan fingerprint density at radius 1 is 1.40 bits per heavy atom. The number of hydrogen-bond acceptors (Lipinski definition) is 3. The summed E-state index contributed by atoms with van der Waals surface area (Å²) in [6, 6.07) is 10.2. The molecule has 20 heavy (non-hydrogen) atoms. The molecule has 6 heteroatoms. The molecule has 4 nitrogen and oxygen atoms in total. The molecular weight excluding hydrogens is 292 g/mol. The first kappa shape index (κ1) is 15.3. The fourth-order valence-electron chi connectivity index (χ4n) is 2.33. The lowest BCUT2D eigenvalue weighted by atomic mass is 10.1. The first-order chi connectivity index (χ1) is 9.48. The zero-order chi connectivity index (χ0) is 14.6. The number of nitrogens with one attached hydrogen (secondary N) is 1. The molecule has 0 unspecified atom stereocenters. The highest BCUT2D eigenvalue weighted by Gasteiger charge is 2.31. The van der Waals surface area contributed by atoms with Crippen molar-refractivity contribution in [3.8, 4) is 0 Å². The highest BCUT2D eigenvalue weighted by atomic mass is 32.2. The van der Waals surface area contributed by atoms with Gasteiger partial charge in [-0.1, -0.05) is 30.3 Å². The third-order valence-corrected chi connectivity index (χ3v) is 5.79. The van der Waals surface area contributed by atoms with Crippen molar-refractivity contribution in [1.82, 2.24) is 10.2 Å². The largest absolute Gasteiger partial charge is 0.362 e. The zero-order valence-corrected chi connectivity index (χ0v) is 13.2. The van der Waals surface area contributed by atoms with Gasteiger partial charge in [0.2, 0.25) is 0 Å². The molecule has 1 fully saturated rings. The van der Waals surface area contributed by atoms with Gasteiger partial charge < -0.3 is 10.2 Å². The van der Waals surface area contributed by atoms with Crippen molar-refractivity contribution in [3.05, 3.63) is 35.9 Å². The maximum atomic E-state index is 11.5. The molecule has 0 aromatic heterocycles. The average molecular weight is 312 g/mol. The van der Waals surface area contributed by atoms with Gasteiger partial charge >= 0.3 is 0 Å². The standard InChI is InChI=1S/C14H20N2O2S2/c1-16(13-8-10-20(17,18)11-13)14(19)15-9-7-12-5-3-2-4-6-12/h2-6,13H,7-11H2,1H3,(H,15,19)/t13-/m0/s1. The molecule has 1 aromatic carbocycles. The van der Waals surface area contributed by atoms with E-state index in [4.69, 9.17) is 12.2 Å². The normalized spacial score (nSPS) is 20.6. The van der Waals surface area contributed by atoms with E-state index >= 15 is 0 Å². The topological polar surface area (TPSA) is 49.4 Å². The Labute approximate surface area is 126 Å². The van der Waals surface area contributed by atoms with E-state index in [1.807, 2.05) is 30.1 Å². The molecule has 0 amide bonds. The van der Waals surface area contributed by atoms with E-state index in [1.165, 1.54) is 5.56 Å². The summed E-state index contributed by atoms with van der Waals surface area (Å²) in [6.45, 7) is 0.757. The Morgan fingerprint density at radius 2 is 2.10 bits per heavy atom. The molecule has 0 bridgehead atoms. The lowest BCUT2D eigenvalue weighted by molar-refractivity contribution is 0.390. The highest BCUT2D eigenvalue weighted by Crippen LogP contribution is 2.16. The van der Waals surface area contributed by atoms with Gasteiger partial charge in [0.05, 0.1) is 11.5 Å². The van der Waals surface area contributed by atoms with Crippen LogP contribution in [0, 0.1) is 0 Å². The van der Waals surface area contributed by atoms with E-state index in [2.05, 4.69) is 17.4 Å². The van der Waals surface area contributed by atoms with Crippen molar-refractivity contribution in [3.63, 3.8) is 0 Å². The molecule has 0 spiro atoms. The molecule has 1 aliphatic rings. The Hall–Kier alpha value is -1.14. The molecule has 0 radical (unpaired) electrons. The van der Waals surface area contributed by atoms with Crippen LogP contribution in [0.4, 0.5) is 0 Å². The first-order valence-electron chi connectivity index (χ1n) is 6.73. The van der Waals surface area contributed by atoms with E-state index < -0.39 is 9.84 Å². The third kappa shape index (κ3) is 4.18. The van der Waals surface area contributed by atoms with Crippen molar-refractivity contribution in [2.75, 3.05) is 25.1 Å². The van der Waals surface area contributed by atoms with Crippen molar-refractivity contribution in [1.29, 1.82) is 0 Å². The predicted molar refractivity (Wildman–Crippen MR) is 85.6 cm³/mol. The van der Waals surface area contributed by atoms with Gasteiger partial charge in [0.15, 0.2) is 14.9 Å². The second-order valence-corrected chi connectivity index (χ2v) is 7.75. The van der Waals surface area contributed by atoms with Crippen LogP contribution < -0.4 is 5.32 Å². The van der Waals surface area contributed by atoms with E-state index in [9.17, 15) is 8.42 Å². The molecule has 0 saturated carbocycles. The number of thiocarbonyl (C=S) groups is 1. The summed E-state index contributed by atoms with van der Waals surface area (Å²) >= 11 is 5.32. The smallest absolute Gasteiger partial charge is 0.168 e. The monoisotopic (exact) mass is 312 g/mol. The summed E-state index contributed by atoms with van der Waals surface area (Å²) in [7, 11) is -1.00. The maximum absolute atomic E-state index is 11.5. The molecule has 1 atom stereocenters. The van der Waals surface area contributed by atoms with Crippen molar-refractivity contribution in [2.45, 2.75) is 18.9 Å². The van der Waals surface area contributed by atoms with Crippen LogP contribution in [0.25, 0.3) is 0 Å². The van der Waals surface area contributed by atoms with Gasteiger partial charge in [-0.05, 0) is 30.6 Å². The fourth-order valence-corrected chi connectivity index (χ4v) is 4.36. The third-order valence-electron chi connectivity index (χ3n) is 3.61. The minimum absolute atomic E-state index is 0.0109. The van der Waals surface area contributed by atoms with Crippen LogP contribution in [0.15, 0.2) is 30.3 Å². The van der Waals surface area contributed by atoms with Gasteiger partial charge in [-0.2, -0.15) is 0 Å². The summed E-state index contributed by atoms with van der Waals surface area (Å²) in [4.78, 5) is 1.88. The van der Waals surface area contributed by atoms with Gasteiger partial charge in [-0.3, -0.25) is 0 Å². The number of nitrogens with zero attached hydrogens (tertiary/aromatic N) is 1. The molecule has 110 valence electrons. The summed E-state index contributed by atoms with van der Waals surface area (Å²) in [5, 5.41) is 3.83. The van der Waals surface area contributed by atoms with Crippen molar-refractivity contribution < 1.29 is 8.42 Å². The van der Waals surface area contributed by atoms with Crippen LogP contribution in [-0.4, -0.2) is 49.6 Å². The molecule has 1 heterocycles.